The molecule has 1 saturated carbocycles. The Morgan fingerprint density at radius 3 is 2.60 bits per heavy atom. The van der Waals surface area contributed by atoms with Crippen LogP contribution in [-0.4, -0.2) is 45.5 Å². The molecule has 1 amide bonds. The number of anilines is 3. The molecule has 0 bridgehead atoms. The van der Waals surface area contributed by atoms with Gasteiger partial charge in [-0.25, -0.2) is 13.8 Å². The predicted molar refractivity (Wildman–Crippen MR) is 130 cm³/mol. The Hall–Kier alpha value is -3.08. The SMILES string of the molecule is CC(C)n1cc(Nc2nc(N3CCCC(N)C3)ncc2C(N)=O)cc(C2CCC(F)(F)CC2)c1=O. The van der Waals surface area contributed by atoms with Gasteiger partial charge in [0.25, 0.3) is 11.5 Å². The number of nitrogens with one attached hydrogen (secondary N) is 1. The summed E-state index contributed by atoms with van der Waals surface area (Å²) in [5, 5.41) is 3.15. The van der Waals surface area contributed by atoms with Crippen molar-refractivity contribution in [2.24, 2.45) is 11.5 Å². The lowest BCUT2D eigenvalue weighted by molar-refractivity contribution is -0.0383. The van der Waals surface area contributed by atoms with Gasteiger partial charge in [0.2, 0.25) is 11.9 Å². The van der Waals surface area contributed by atoms with Crippen molar-refractivity contribution in [3.8, 4) is 0 Å². The molecule has 2 fully saturated rings. The number of rotatable bonds is 6. The first kappa shape index (κ1) is 25.0. The van der Waals surface area contributed by atoms with Crippen LogP contribution in [0.3, 0.4) is 0 Å². The number of hydrogen-bond acceptors (Lipinski definition) is 7. The van der Waals surface area contributed by atoms with Crippen LogP contribution >= 0.6 is 0 Å². The highest BCUT2D eigenvalue weighted by molar-refractivity contribution is 5.98. The summed E-state index contributed by atoms with van der Waals surface area (Å²) in [5.41, 5.74) is 12.6. The maximum absolute atomic E-state index is 13.7. The van der Waals surface area contributed by atoms with Crippen LogP contribution in [0.5, 0.6) is 0 Å². The summed E-state index contributed by atoms with van der Waals surface area (Å²) in [6.07, 6.45) is 4.87. The molecule has 190 valence electrons. The summed E-state index contributed by atoms with van der Waals surface area (Å²) in [6, 6.07) is 1.54. The molecule has 11 heteroatoms. The summed E-state index contributed by atoms with van der Waals surface area (Å²) in [7, 11) is 0. The van der Waals surface area contributed by atoms with Crippen molar-refractivity contribution < 1.29 is 13.6 Å². The van der Waals surface area contributed by atoms with Crippen molar-refractivity contribution in [1.82, 2.24) is 14.5 Å². The van der Waals surface area contributed by atoms with Crippen LogP contribution in [0, 0.1) is 0 Å². The number of hydrogen-bond donors (Lipinski definition) is 3. The largest absolute Gasteiger partial charge is 0.365 e. The number of carbonyl (C=O) groups is 1. The van der Waals surface area contributed by atoms with E-state index in [1.54, 1.807) is 16.8 Å². The topological polar surface area (TPSA) is 132 Å². The maximum Gasteiger partial charge on any atom is 0.254 e. The number of piperidine rings is 1. The van der Waals surface area contributed by atoms with E-state index in [-0.39, 0.29) is 60.6 Å². The minimum absolute atomic E-state index is 0.0135. The molecule has 2 aromatic heterocycles. The second-order valence-electron chi connectivity index (χ2n) is 9.89. The normalized spacial score (nSPS) is 20.7. The van der Waals surface area contributed by atoms with Crippen LogP contribution in [0.15, 0.2) is 23.3 Å². The molecule has 2 aliphatic rings. The lowest BCUT2D eigenvalue weighted by Crippen LogP contribution is -2.43. The average Bonchev–Trinajstić information content (AvgIpc) is 2.80. The number of halogens is 2. The molecular formula is C24H33F2N7O2. The van der Waals surface area contributed by atoms with Gasteiger partial charge in [-0.05, 0) is 51.5 Å². The fraction of sp³-hybridized carbons (Fsp3) is 0.583. The Balaban J connectivity index is 1.71. The minimum Gasteiger partial charge on any atom is -0.365 e. The first-order chi connectivity index (χ1) is 16.5. The molecule has 0 aromatic carbocycles. The zero-order valence-electron chi connectivity index (χ0n) is 20.1. The van der Waals surface area contributed by atoms with Gasteiger partial charge in [0.05, 0.1) is 5.69 Å². The van der Waals surface area contributed by atoms with Crippen LogP contribution in [0.1, 0.15) is 80.3 Å². The van der Waals surface area contributed by atoms with E-state index in [1.165, 1.54) is 6.20 Å². The Labute approximate surface area is 202 Å². The van der Waals surface area contributed by atoms with Gasteiger partial charge < -0.3 is 26.3 Å². The van der Waals surface area contributed by atoms with Gasteiger partial charge in [-0.2, -0.15) is 4.98 Å². The summed E-state index contributed by atoms with van der Waals surface area (Å²) < 4.78 is 29.0. The zero-order valence-corrected chi connectivity index (χ0v) is 20.1. The molecular weight excluding hydrogens is 456 g/mol. The Kier molecular flexibility index (Phi) is 7.07. The molecule has 1 atom stereocenters. The van der Waals surface area contributed by atoms with Crippen LogP contribution in [0.2, 0.25) is 0 Å². The Morgan fingerprint density at radius 1 is 1.26 bits per heavy atom. The zero-order chi connectivity index (χ0) is 25.3. The van der Waals surface area contributed by atoms with Crippen molar-refractivity contribution in [2.45, 2.75) is 76.3 Å². The molecule has 1 saturated heterocycles. The Morgan fingerprint density at radius 2 is 1.97 bits per heavy atom. The Bertz CT molecular complexity index is 1140. The first-order valence-corrected chi connectivity index (χ1v) is 12.1. The van der Waals surface area contributed by atoms with E-state index < -0.39 is 11.8 Å². The van der Waals surface area contributed by atoms with E-state index in [0.29, 0.717) is 23.7 Å². The molecule has 1 aliphatic heterocycles. The number of carbonyl (C=O) groups excluding carboxylic acids is 1. The highest BCUT2D eigenvalue weighted by Gasteiger charge is 2.36. The monoisotopic (exact) mass is 489 g/mol. The predicted octanol–water partition coefficient (Wildman–Crippen LogP) is 3.28. The van der Waals surface area contributed by atoms with Crippen molar-refractivity contribution >= 4 is 23.4 Å². The third-order valence-corrected chi connectivity index (χ3v) is 6.83. The number of pyridine rings is 1. The standard InChI is InChI=1S/C24H33F2N7O2/c1-14(2)33-13-17(10-18(22(33)35)15-5-7-24(25,26)8-6-15)30-21-19(20(28)34)11-29-23(31-21)32-9-3-4-16(27)12-32/h10-11,13-16H,3-9,12,27H2,1-2H3,(H2,28,34)(H,29,30,31). The van der Waals surface area contributed by atoms with Crippen molar-refractivity contribution in [3.05, 3.63) is 39.9 Å². The smallest absolute Gasteiger partial charge is 0.254 e. The number of amides is 1. The summed E-state index contributed by atoms with van der Waals surface area (Å²) in [5.74, 6) is -2.99. The fourth-order valence-corrected chi connectivity index (χ4v) is 4.85. The number of aromatic nitrogens is 3. The van der Waals surface area contributed by atoms with E-state index in [9.17, 15) is 18.4 Å². The molecule has 5 N–H and O–H groups in total. The summed E-state index contributed by atoms with van der Waals surface area (Å²) in [4.78, 5) is 36.1. The van der Waals surface area contributed by atoms with E-state index in [2.05, 4.69) is 15.3 Å². The number of primary amides is 1. The first-order valence-electron chi connectivity index (χ1n) is 12.1. The number of nitrogens with zero attached hydrogens (tertiary/aromatic N) is 4. The molecule has 1 aliphatic carbocycles. The minimum atomic E-state index is -2.69. The van der Waals surface area contributed by atoms with Crippen molar-refractivity contribution in [3.63, 3.8) is 0 Å². The van der Waals surface area contributed by atoms with Crippen LogP contribution in [-0.2, 0) is 0 Å². The van der Waals surface area contributed by atoms with Gasteiger partial charge in [0.15, 0.2) is 0 Å². The van der Waals surface area contributed by atoms with Crippen LogP contribution in [0.25, 0.3) is 0 Å². The lowest BCUT2D eigenvalue weighted by atomic mass is 9.82. The van der Waals surface area contributed by atoms with Crippen LogP contribution in [0.4, 0.5) is 26.2 Å². The molecule has 2 aromatic rings. The van der Waals surface area contributed by atoms with Gasteiger partial charge in [0, 0.05) is 56.0 Å². The van der Waals surface area contributed by atoms with Gasteiger partial charge >= 0.3 is 0 Å². The third-order valence-electron chi connectivity index (χ3n) is 6.83. The molecule has 0 radical (unpaired) electrons. The molecule has 3 heterocycles. The maximum atomic E-state index is 13.7. The highest BCUT2D eigenvalue weighted by atomic mass is 19.3. The van der Waals surface area contributed by atoms with E-state index in [1.807, 2.05) is 18.7 Å². The lowest BCUT2D eigenvalue weighted by Gasteiger charge is -2.31. The molecule has 9 nitrogen and oxygen atoms in total. The van der Waals surface area contributed by atoms with Gasteiger partial charge in [-0.1, -0.05) is 0 Å². The van der Waals surface area contributed by atoms with Gasteiger partial charge in [0.1, 0.15) is 11.4 Å². The fourth-order valence-electron chi connectivity index (χ4n) is 4.85. The van der Waals surface area contributed by atoms with Gasteiger partial charge in [-0.3, -0.25) is 9.59 Å². The van der Waals surface area contributed by atoms with Crippen molar-refractivity contribution in [1.29, 1.82) is 0 Å². The average molecular weight is 490 g/mol. The van der Waals surface area contributed by atoms with E-state index in [4.69, 9.17) is 11.5 Å². The second kappa shape index (κ2) is 9.88. The molecule has 4 rings (SSSR count). The summed E-state index contributed by atoms with van der Waals surface area (Å²) >= 11 is 0. The van der Waals surface area contributed by atoms with E-state index >= 15 is 0 Å². The van der Waals surface area contributed by atoms with Crippen molar-refractivity contribution in [2.75, 3.05) is 23.3 Å². The molecule has 0 spiro atoms. The number of nitrogens with two attached hydrogens (primary N) is 2. The quantitative estimate of drug-likeness (QED) is 0.567. The third kappa shape index (κ3) is 5.61. The van der Waals surface area contributed by atoms with Crippen LogP contribution < -0.4 is 27.2 Å². The molecule has 35 heavy (non-hydrogen) atoms. The summed E-state index contributed by atoms with van der Waals surface area (Å²) in [6.45, 7) is 5.10. The second-order valence-corrected chi connectivity index (χ2v) is 9.89. The van der Waals surface area contributed by atoms with Gasteiger partial charge in [-0.15, -0.1) is 0 Å². The molecule has 1 unspecified atom stereocenters. The highest BCUT2D eigenvalue weighted by Crippen LogP contribution is 2.40. The number of alkyl halides is 2. The van der Waals surface area contributed by atoms with E-state index in [0.717, 1.165) is 19.4 Å².